The molecule has 0 saturated heterocycles. The largest absolute Gasteiger partial charge is 0.448 e. The molecule has 0 spiro atoms. The SMILES string of the molecule is Cc1ccc(S(=O)(=O)NC(=O)OCCc2ccc(S3(C(F)(F)F)C(c4ccccn4)=Nc4ccc(Cl)cc43)cc2)cc1. The predicted octanol–water partition coefficient (Wildman–Crippen LogP) is 7.54. The van der Waals surface area contributed by atoms with Crippen LogP contribution < -0.4 is 4.72 Å². The molecule has 1 N–H and O–H groups in total. The third kappa shape index (κ3) is 5.61. The number of aliphatic imine (C=N–C) groups is 1. The van der Waals surface area contributed by atoms with Gasteiger partial charge in [0.1, 0.15) is 5.04 Å². The predicted molar refractivity (Wildman–Crippen MR) is 155 cm³/mol. The highest BCUT2D eigenvalue weighted by Crippen LogP contribution is 2.78. The van der Waals surface area contributed by atoms with Crippen LogP contribution in [0.5, 0.6) is 0 Å². The smallest absolute Gasteiger partial charge is 0.438 e. The number of fused-ring (bicyclic) bond motifs is 1. The molecular formula is C29H23ClF3N3O4S2. The van der Waals surface area contributed by atoms with Crippen molar-refractivity contribution in [1.82, 2.24) is 9.71 Å². The maximum absolute atomic E-state index is 15.3. The van der Waals surface area contributed by atoms with Crippen LogP contribution in [0.1, 0.15) is 16.8 Å². The normalized spacial score (nSPS) is 18.0. The van der Waals surface area contributed by atoms with Gasteiger partial charge >= 0.3 is 11.6 Å². The summed E-state index contributed by atoms with van der Waals surface area (Å²) < 4.78 is 77.5. The van der Waals surface area contributed by atoms with Crippen molar-refractivity contribution in [2.75, 3.05) is 6.61 Å². The Morgan fingerprint density at radius 2 is 1.71 bits per heavy atom. The number of rotatable bonds is 7. The fraction of sp³-hybridized carbons (Fsp3) is 0.138. The number of halogens is 4. The first-order valence-corrected chi connectivity index (χ1v) is 16.0. The second-order valence-electron chi connectivity index (χ2n) is 9.25. The third-order valence-corrected chi connectivity index (χ3v) is 11.5. The Kier molecular flexibility index (Phi) is 8.06. The first kappa shape index (κ1) is 29.6. The topological polar surface area (TPSA) is 97.7 Å². The summed E-state index contributed by atoms with van der Waals surface area (Å²) in [4.78, 5) is 20.6. The molecule has 0 saturated carbocycles. The lowest BCUT2D eigenvalue weighted by atomic mass is 10.2. The van der Waals surface area contributed by atoms with Crippen molar-refractivity contribution in [2.24, 2.45) is 4.99 Å². The van der Waals surface area contributed by atoms with E-state index in [1.807, 2.05) is 4.72 Å². The highest BCUT2D eigenvalue weighted by atomic mass is 35.5. The summed E-state index contributed by atoms with van der Waals surface area (Å²) in [5.74, 6) is 0. The van der Waals surface area contributed by atoms with Crippen LogP contribution in [0.3, 0.4) is 0 Å². The van der Waals surface area contributed by atoms with Crippen molar-refractivity contribution < 1.29 is 31.1 Å². The fourth-order valence-electron chi connectivity index (χ4n) is 4.45. The fourth-order valence-corrected chi connectivity index (χ4v) is 8.95. The molecule has 0 radical (unpaired) electrons. The molecule has 13 heteroatoms. The first-order chi connectivity index (χ1) is 19.9. The molecule has 1 atom stereocenters. The van der Waals surface area contributed by atoms with Gasteiger partial charge in [-0.2, -0.15) is 13.2 Å². The van der Waals surface area contributed by atoms with Gasteiger partial charge in [0.15, 0.2) is 0 Å². The Labute approximate surface area is 246 Å². The number of pyridine rings is 1. The highest BCUT2D eigenvalue weighted by molar-refractivity contribution is 8.46. The van der Waals surface area contributed by atoms with Gasteiger partial charge in [0, 0.05) is 27.4 Å². The van der Waals surface area contributed by atoms with E-state index in [0.717, 1.165) is 5.56 Å². The minimum atomic E-state index is -4.73. The van der Waals surface area contributed by atoms with Crippen molar-refractivity contribution in [2.45, 2.75) is 33.5 Å². The Hall–Kier alpha value is -3.87. The Bertz CT molecular complexity index is 1770. The van der Waals surface area contributed by atoms with E-state index >= 15 is 13.2 Å². The van der Waals surface area contributed by atoms with E-state index in [9.17, 15) is 13.2 Å². The van der Waals surface area contributed by atoms with Crippen LogP contribution in [-0.2, 0) is 21.2 Å². The molecule has 1 aromatic heterocycles. The molecule has 0 bridgehead atoms. The van der Waals surface area contributed by atoms with Gasteiger partial charge in [-0.3, -0.25) is 4.98 Å². The van der Waals surface area contributed by atoms with E-state index in [0.29, 0.717) is 5.56 Å². The number of nitrogens with one attached hydrogen (secondary N) is 1. The average Bonchev–Trinajstić information content (AvgIpc) is 3.29. The Morgan fingerprint density at radius 3 is 2.36 bits per heavy atom. The summed E-state index contributed by atoms with van der Waals surface area (Å²) in [7, 11) is -8.01. The van der Waals surface area contributed by atoms with Gasteiger partial charge in [-0.25, -0.2) is 22.9 Å². The number of carbonyl (C=O) groups excluding carboxylic acids is 1. The van der Waals surface area contributed by atoms with Crippen LogP contribution in [0, 0.1) is 6.92 Å². The zero-order chi connectivity index (χ0) is 30.1. The number of carbonyl (C=O) groups is 1. The lowest BCUT2D eigenvalue weighted by Crippen LogP contribution is -2.31. The lowest BCUT2D eigenvalue weighted by Gasteiger charge is -2.39. The maximum atomic E-state index is 15.3. The number of amides is 1. The van der Waals surface area contributed by atoms with E-state index < -0.39 is 31.7 Å². The molecule has 2 heterocycles. The van der Waals surface area contributed by atoms with Crippen LogP contribution in [0.25, 0.3) is 0 Å². The van der Waals surface area contributed by atoms with Crippen LogP contribution in [0.4, 0.5) is 23.7 Å². The van der Waals surface area contributed by atoms with Gasteiger partial charge in [-0.05, 0) is 77.1 Å². The van der Waals surface area contributed by atoms with E-state index in [1.165, 1.54) is 66.9 Å². The third-order valence-electron chi connectivity index (χ3n) is 6.44. The second-order valence-corrected chi connectivity index (χ2v) is 14.4. The molecule has 218 valence electrons. The zero-order valence-electron chi connectivity index (χ0n) is 21.9. The summed E-state index contributed by atoms with van der Waals surface area (Å²) in [6.07, 6.45) is 0.388. The molecule has 4 aromatic rings. The van der Waals surface area contributed by atoms with Crippen LogP contribution in [0.2, 0.25) is 5.02 Å². The summed E-state index contributed by atoms with van der Waals surface area (Å²) in [6.45, 7) is 1.59. The summed E-state index contributed by atoms with van der Waals surface area (Å²) in [5.41, 5.74) is -3.01. The molecule has 1 amide bonds. The van der Waals surface area contributed by atoms with Crippen LogP contribution in [0.15, 0.2) is 111 Å². The number of hydrogen-bond donors (Lipinski definition) is 1. The minimum absolute atomic E-state index is 0.00739. The summed E-state index contributed by atoms with van der Waals surface area (Å²) >= 11 is 6.17. The number of nitrogens with zero attached hydrogens (tertiary/aromatic N) is 2. The molecule has 0 aliphatic carbocycles. The molecule has 5 rings (SSSR count). The van der Waals surface area contributed by atoms with Gasteiger partial charge < -0.3 is 4.74 Å². The van der Waals surface area contributed by atoms with Gasteiger partial charge in [0.25, 0.3) is 10.0 Å². The van der Waals surface area contributed by atoms with Crippen molar-refractivity contribution in [3.8, 4) is 0 Å². The molecular weight excluding hydrogens is 611 g/mol. The summed E-state index contributed by atoms with van der Waals surface area (Å²) in [6, 6.07) is 20.7. The van der Waals surface area contributed by atoms with Gasteiger partial charge in [-0.1, -0.05) is 47.5 Å². The Balaban J connectivity index is 1.37. The van der Waals surface area contributed by atoms with E-state index in [4.69, 9.17) is 16.3 Å². The minimum Gasteiger partial charge on any atom is -0.448 e. The molecule has 0 fully saturated rings. The van der Waals surface area contributed by atoms with E-state index in [-0.39, 0.29) is 49.2 Å². The second kappa shape index (κ2) is 11.4. The number of hydrogen-bond acceptors (Lipinski definition) is 6. The number of aromatic nitrogens is 1. The highest BCUT2D eigenvalue weighted by Gasteiger charge is 2.60. The molecule has 1 unspecified atom stereocenters. The number of aryl methyl sites for hydroxylation is 1. The monoisotopic (exact) mass is 633 g/mol. The quantitative estimate of drug-likeness (QED) is 0.227. The molecule has 1 aliphatic rings. The van der Waals surface area contributed by atoms with Crippen molar-refractivity contribution in [3.63, 3.8) is 0 Å². The summed E-state index contributed by atoms with van der Waals surface area (Å²) in [5, 5.41) is -0.0285. The molecule has 1 aliphatic heterocycles. The van der Waals surface area contributed by atoms with Crippen molar-refractivity contribution in [1.29, 1.82) is 0 Å². The van der Waals surface area contributed by atoms with Gasteiger partial charge in [-0.15, -0.1) is 0 Å². The van der Waals surface area contributed by atoms with Crippen LogP contribution >= 0.6 is 21.6 Å². The van der Waals surface area contributed by atoms with Crippen LogP contribution in [-0.4, -0.2) is 36.7 Å². The van der Waals surface area contributed by atoms with E-state index in [2.05, 4.69) is 9.98 Å². The van der Waals surface area contributed by atoms with Gasteiger partial charge in [0.2, 0.25) is 0 Å². The number of sulfonamides is 1. The van der Waals surface area contributed by atoms with E-state index in [1.54, 1.807) is 31.2 Å². The Morgan fingerprint density at radius 1 is 1.00 bits per heavy atom. The van der Waals surface area contributed by atoms with Crippen molar-refractivity contribution in [3.05, 3.63) is 113 Å². The maximum Gasteiger partial charge on any atom is 0.438 e. The number of benzene rings is 3. The average molecular weight is 634 g/mol. The molecule has 42 heavy (non-hydrogen) atoms. The lowest BCUT2D eigenvalue weighted by molar-refractivity contribution is -0.0369. The molecule has 7 nitrogen and oxygen atoms in total. The van der Waals surface area contributed by atoms with Gasteiger partial charge in [0.05, 0.1) is 22.9 Å². The molecule has 3 aromatic carbocycles. The first-order valence-electron chi connectivity index (χ1n) is 12.5. The number of ether oxygens (including phenoxy) is 1. The van der Waals surface area contributed by atoms with Crippen molar-refractivity contribution >= 4 is 48.5 Å². The number of alkyl halides is 3. The zero-order valence-corrected chi connectivity index (χ0v) is 24.3. The standard InChI is InChI=1S/C29H23ClF3N3O4S2/c1-19-5-10-23(11-6-19)42(38,39)36-28(37)40-17-15-20-7-12-22(13-8-20)41(29(31,32)33)26-18-21(30)9-14-24(26)35-27(41)25-4-2-3-16-34-25/h2-14,16,18H,15,17H2,1H3,(H,36,37).